The van der Waals surface area contributed by atoms with E-state index in [0.29, 0.717) is 12.1 Å². The van der Waals surface area contributed by atoms with Crippen LogP contribution in [-0.4, -0.2) is 17.1 Å². The minimum absolute atomic E-state index is 0.404. The fourth-order valence-corrected chi connectivity index (χ4v) is 2.16. The molecule has 15 heavy (non-hydrogen) atoms. The lowest BCUT2D eigenvalue weighted by atomic mass is 10.1. The summed E-state index contributed by atoms with van der Waals surface area (Å²) in [4.78, 5) is 4.09. The molecule has 0 amide bonds. The summed E-state index contributed by atoms with van der Waals surface area (Å²) in [5, 5.41) is 3.56. The number of pyridine rings is 1. The van der Waals surface area contributed by atoms with E-state index in [4.69, 9.17) is 5.73 Å². The van der Waals surface area contributed by atoms with E-state index in [0.717, 1.165) is 19.4 Å². The number of hydrogen-bond donors (Lipinski definition) is 2. The third-order valence-corrected chi connectivity index (χ3v) is 3.19. The summed E-state index contributed by atoms with van der Waals surface area (Å²) >= 11 is 0. The maximum Gasteiger partial charge on any atom is 0.0300 e. The number of nitrogens with one attached hydrogen (secondary N) is 1. The first-order valence-electron chi connectivity index (χ1n) is 5.64. The van der Waals surface area contributed by atoms with Crippen LogP contribution in [0.5, 0.6) is 0 Å². The molecule has 1 aromatic heterocycles. The van der Waals surface area contributed by atoms with Crippen molar-refractivity contribution in [1.82, 2.24) is 10.3 Å². The molecule has 3 N–H and O–H groups in total. The van der Waals surface area contributed by atoms with Crippen molar-refractivity contribution in [1.29, 1.82) is 0 Å². The Bertz CT molecular complexity index is 324. The third kappa shape index (κ3) is 2.76. The number of aromatic nitrogens is 1. The van der Waals surface area contributed by atoms with Crippen molar-refractivity contribution in [2.75, 3.05) is 0 Å². The second-order valence-electron chi connectivity index (χ2n) is 4.45. The van der Waals surface area contributed by atoms with E-state index < -0.39 is 0 Å². The molecule has 0 saturated heterocycles. The highest BCUT2D eigenvalue weighted by Gasteiger charge is 2.20. The predicted molar refractivity (Wildman–Crippen MR) is 61.4 cm³/mol. The van der Waals surface area contributed by atoms with Gasteiger partial charge in [0, 0.05) is 31.0 Å². The lowest BCUT2D eigenvalue weighted by Gasteiger charge is -2.13. The largest absolute Gasteiger partial charge is 0.328 e. The number of aryl methyl sites for hydroxylation is 1. The van der Waals surface area contributed by atoms with E-state index in [1.165, 1.54) is 17.5 Å². The van der Waals surface area contributed by atoms with Gasteiger partial charge in [-0.15, -0.1) is 0 Å². The second kappa shape index (κ2) is 4.73. The normalized spacial score (nSPS) is 25.7. The van der Waals surface area contributed by atoms with Crippen LogP contribution in [0, 0.1) is 6.92 Å². The number of hydrogen-bond acceptors (Lipinski definition) is 3. The van der Waals surface area contributed by atoms with Crippen molar-refractivity contribution in [3.05, 3.63) is 29.6 Å². The molecule has 1 fully saturated rings. The zero-order valence-electron chi connectivity index (χ0n) is 9.24. The SMILES string of the molecule is Cc1cnccc1CNC1CCC(N)C1. The molecule has 0 radical (unpaired) electrons. The lowest BCUT2D eigenvalue weighted by molar-refractivity contribution is 0.516. The highest BCUT2D eigenvalue weighted by molar-refractivity contribution is 5.21. The van der Waals surface area contributed by atoms with Crippen LogP contribution in [0.1, 0.15) is 30.4 Å². The van der Waals surface area contributed by atoms with Crippen LogP contribution in [0.3, 0.4) is 0 Å². The average molecular weight is 205 g/mol. The van der Waals surface area contributed by atoms with E-state index >= 15 is 0 Å². The topological polar surface area (TPSA) is 50.9 Å². The van der Waals surface area contributed by atoms with Gasteiger partial charge in [0.25, 0.3) is 0 Å². The van der Waals surface area contributed by atoms with Gasteiger partial charge >= 0.3 is 0 Å². The molecule has 2 unspecified atom stereocenters. The highest BCUT2D eigenvalue weighted by Crippen LogP contribution is 2.17. The Morgan fingerprint density at radius 2 is 2.40 bits per heavy atom. The lowest BCUT2D eigenvalue weighted by Crippen LogP contribution is -2.28. The van der Waals surface area contributed by atoms with Crippen molar-refractivity contribution in [3.63, 3.8) is 0 Å². The van der Waals surface area contributed by atoms with Crippen LogP contribution < -0.4 is 11.1 Å². The van der Waals surface area contributed by atoms with E-state index in [1.54, 1.807) is 0 Å². The average Bonchev–Trinajstić information content (AvgIpc) is 2.63. The fourth-order valence-electron chi connectivity index (χ4n) is 2.16. The Labute approximate surface area is 91.1 Å². The highest BCUT2D eigenvalue weighted by atomic mass is 14.9. The van der Waals surface area contributed by atoms with Crippen LogP contribution in [0.15, 0.2) is 18.5 Å². The van der Waals surface area contributed by atoms with E-state index in [2.05, 4.69) is 23.3 Å². The van der Waals surface area contributed by atoms with Gasteiger partial charge in [-0.3, -0.25) is 4.98 Å². The Morgan fingerprint density at radius 1 is 1.53 bits per heavy atom. The third-order valence-electron chi connectivity index (χ3n) is 3.19. The molecule has 1 heterocycles. The van der Waals surface area contributed by atoms with Crippen molar-refractivity contribution >= 4 is 0 Å². The van der Waals surface area contributed by atoms with E-state index in [-0.39, 0.29) is 0 Å². The van der Waals surface area contributed by atoms with E-state index in [9.17, 15) is 0 Å². The molecule has 82 valence electrons. The van der Waals surface area contributed by atoms with Gasteiger partial charge in [-0.1, -0.05) is 0 Å². The Kier molecular flexibility index (Phi) is 3.34. The molecule has 3 heteroatoms. The first kappa shape index (κ1) is 10.6. The van der Waals surface area contributed by atoms with Crippen LogP contribution in [0.4, 0.5) is 0 Å². The Hall–Kier alpha value is -0.930. The smallest absolute Gasteiger partial charge is 0.0300 e. The summed E-state index contributed by atoms with van der Waals surface area (Å²) in [6.07, 6.45) is 7.25. The molecule has 0 bridgehead atoms. The predicted octanol–water partition coefficient (Wildman–Crippen LogP) is 1.36. The maximum atomic E-state index is 5.87. The maximum absolute atomic E-state index is 5.87. The van der Waals surface area contributed by atoms with Crippen LogP contribution in [0.25, 0.3) is 0 Å². The molecule has 1 aliphatic rings. The fraction of sp³-hybridized carbons (Fsp3) is 0.583. The summed E-state index contributed by atoms with van der Waals surface area (Å²) in [7, 11) is 0. The molecular formula is C12H19N3. The second-order valence-corrected chi connectivity index (χ2v) is 4.45. The molecule has 2 atom stereocenters. The molecule has 0 aromatic carbocycles. The van der Waals surface area contributed by atoms with Gasteiger partial charge in [-0.2, -0.15) is 0 Å². The van der Waals surface area contributed by atoms with Gasteiger partial charge in [-0.25, -0.2) is 0 Å². The minimum Gasteiger partial charge on any atom is -0.328 e. The standard InChI is InChI=1S/C12H19N3/c1-9-7-14-5-4-10(9)8-15-12-3-2-11(13)6-12/h4-5,7,11-12,15H,2-3,6,8,13H2,1H3. The summed E-state index contributed by atoms with van der Waals surface area (Å²) in [6, 6.07) is 3.09. The van der Waals surface area contributed by atoms with Gasteiger partial charge in [-0.05, 0) is 43.4 Å². The van der Waals surface area contributed by atoms with Gasteiger partial charge in [0.2, 0.25) is 0 Å². The summed E-state index contributed by atoms with van der Waals surface area (Å²) in [5.41, 5.74) is 8.47. The first-order chi connectivity index (χ1) is 7.25. The Balaban J connectivity index is 1.86. The molecule has 1 aliphatic carbocycles. The van der Waals surface area contributed by atoms with Crippen molar-refractivity contribution in [2.24, 2.45) is 5.73 Å². The molecule has 3 nitrogen and oxygen atoms in total. The number of rotatable bonds is 3. The minimum atomic E-state index is 0.404. The quantitative estimate of drug-likeness (QED) is 0.783. The number of nitrogens with two attached hydrogens (primary N) is 1. The molecule has 0 aliphatic heterocycles. The molecule has 0 spiro atoms. The molecular weight excluding hydrogens is 186 g/mol. The van der Waals surface area contributed by atoms with E-state index in [1.807, 2.05) is 12.4 Å². The zero-order chi connectivity index (χ0) is 10.7. The number of nitrogens with zero attached hydrogens (tertiary/aromatic N) is 1. The van der Waals surface area contributed by atoms with Crippen molar-refractivity contribution in [2.45, 2.75) is 44.8 Å². The molecule has 1 aromatic rings. The zero-order valence-corrected chi connectivity index (χ0v) is 9.24. The van der Waals surface area contributed by atoms with Gasteiger partial charge < -0.3 is 11.1 Å². The van der Waals surface area contributed by atoms with Crippen LogP contribution in [-0.2, 0) is 6.54 Å². The molecule has 1 saturated carbocycles. The first-order valence-corrected chi connectivity index (χ1v) is 5.64. The van der Waals surface area contributed by atoms with Gasteiger partial charge in [0.15, 0.2) is 0 Å². The van der Waals surface area contributed by atoms with Crippen LogP contribution in [0.2, 0.25) is 0 Å². The van der Waals surface area contributed by atoms with Gasteiger partial charge in [0.05, 0.1) is 0 Å². The summed E-state index contributed by atoms with van der Waals surface area (Å²) < 4.78 is 0. The molecule has 2 rings (SSSR count). The van der Waals surface area contributed by atoms with Crippen molar-refractivity contribution in [3.8, 4) is 0 Å². The monoisotopic (exact) mass is 205 g/mol. The van der Waals surface area contributed by atoms with Crippen molar-refractivity contribution < 1.29 is 0 Å². The van der Waals surface area contributed by atoms with Gasteiger partial charge in [0.1, 0.15) is 0 Å². The summed E-state index contributed by atoms with van der Waals surface area (Å²) in [6.45, 7) is 3.04. The van der Waals surface area contributed by atoms with Crippen LogP contribution >= 0.6 is 0 Å². The Morgan fingerprint density at radius 3 is 3.07 bits per heavy atom. The summed E-state index contributed by atoms with van der Waals surface area (Å²) in [5.74, 6) is 0.